The Morgan fingerprint density at radius 2 is 2.26 bits per heavy atom. The second kappa shape index (κ2) is 4.91. The molecule has 2 heterocycles. The highest BCUT2D eigenvalue weighted by Crippen LogP contribution is 2.56. The average molecular weight is 315 g/mol. The van der Waals surface area contributed by atoms with Crippen LogP contribution >= 0.6 is 0 Å². The number of allylic oxidation sites excluding steroid dienone is 1. The smallest absolute Gasteiger partial charge is 0.254 e. The summed E-state index contributed by atoms with van der Waals surface area (Å²) < 4.78 is 11.6. The van der Waals surface area contributed by atoms with Crippen molar-refractivity contribution in [2.45, 2.75) is 44.2 Å². The van der Waals surface area contributed by atoms with Crippen molar-refractivity contribution in [3.05, 3.63) is 35.1 Å². The molecule has 5 nitrogen and oxygen atoms in total. The van der Waals surface area contributed by atoms with Gasteiger partial charge >= 0.3 is 0 Å². The molecule has 1 aromatic rings. The SMILES string of the molecule is COc1ccc2c(c1)C1/C(=C(\C)O)C(=O)NC3(CCCCC13)O2. The highest BCUT2D eigenvalue weighted by Gasteiger charge is 2.57. The number of carbonyl (C=O) groups excluding carboxylic acids is 1. The quantitative estimate of drug-likeness (QED) is 0.617. The van der Waals surface area contributed by atoms with Crippen LogP contribution < -0.4 is 14.8 Å². The van der Waals surface area contributed by atoms with E-state index in [1.54, 1.807) is 14.0 Å². The molecule has 3 atom stereocenters. The van der Waals surface area contributed by atoms with E-state index in [0.717, 1.165) is 42.7 Å². The van der Waals surface area contributed by atoms with E-state index < -0.39 is 5.72 Å². The standard InChI is InChI=1S/C18H21NO4/c1-10(20)15-16-12-9-11(22-2)6-7-14(12)23-18(19-17(15)21)8-4-3-5-13(16)18/h6-7,9,13,16,20H,3-5,8H2,1-2H3,(H,19,21)/b15-10-. The number of carbonyl (C=O) groups is 1. The largest absolute Gasteiger partial charge is 0.512 e. The molecule has 0 spiro atoms. The molecule has 1 saturated carbocycles. The summed E-state index contributed by atoms with van der Waals surface area (Å²) in [5, 5.41) is 13.2. The molecule has 1 aliphatic carbocycles. The molecule has 1 saturated heterocycles. The van der Waals surface area contributed by atoms with Crippen molar-refractivity contribution in [3.8, 4) is 11.5 Å². The Bertz CT molecular complexity index is 707. The third-order valence-corrected chi connectivity index (χ3v) is 5.43. The van der Waals surface area contributed by atoms with Crippen LogP contribution in [-0.2, 0) is 4.79 Å². The Labute approximate surface area is 135 Å². The summed E-state index contributed by atoms with van der Waals surface area (Å²) in [7, 11) is 1.62. The van der Waals surface area contributed by atoms with E-state index >= 15 is 0 Å². The van der Waals surface area contributed by atoms with Crippen LogP contribution in [0.1, 0.15) is 44.1 Å². The summed E-state index contributed by atoms with van der Waals surface area (Å²) >= 11 is 0. The van der Waals surface area contributed by atoms with Gasteiger partial charge in [-0.15, -0.1) is 0 Å². The summed E-state index contributed by atoms with van der Waals surface area (Å²) in [6.45, 7) is 1.58. The second-order valence-corrected chi connectivity index (χ2v) is 6.68. The topological polar surface area (TPSA) is 67.8 Å². The summed E-state index contributed by atoms with van der Waals surface area (Å²) in [5.74, 6) is 1.37. The molecule has 3 unspecified atom stereocenters. The zero-order valence-corrected chi connectivity index (χ0v) is 13.4. The number of amides is 1. The van der Waals surface area contributed by atoms with Gasteiger partial charge in [-0.05, 0) is 38.0 Å². The van der Waals surface area contributed by atoms with E-state index in [9.17, 15) is 9.90 Å². The van der Waals surface area contributed by atoms with Crippen molar-refractivity contribution in [2.24, 2.45) is 5.92 Å². The second-order valence-electron chi connectivity index (χ2n) is 6.68. The lowest BCUT2D eigenvalue weighted by Crippen LogP contribution is -2.66. The number of ether oxygens (including phenoxy) is 2. The van der Waals surface area contributed by atoms with E-state index in [1.165, 1.54) is 0 Å². The molecular weight excluding hydrogens is 294 g/mol. The molecule has 5 heteroatoms. The van der Waals surface area contributed by atoms with Gasteiger partial charge in [0, 0.05) is 23.8 Å². The fraction of sp³-hybridized carbons (Fsp3) is 0.500. The molecule has 1 amide bonds. The minimum Gasteiger partial charge on any atom is -0.512 e. The van der Waals surface area contributed by atoms with Gasteiger partial charge < -0.3 is 19.9 Å². The molecule has 0 radical (unpaired) electrons. The van der Waals surface area contributed by atoms with Gasteiger partial charge in [0.15, 0.2) is 5.72 Å². The summed E-state index contributed by atoms with van der Waals surface area (Å²) in [5.41, 5.74) is 0.760. The monoisotopic (exact) mass is 315 g/mol. The Kier molecular flexibility index (Phi) is 3.08. The molecule has 4 rings (SSSR count). The predicted molar refractivity (Wildman–Crippen MR) is 84.5 cm³/mol. The molecule has 2 bridgehead atoms. The first kappa shape index (κ1) is 14.4. The molecule has 1 aromatic carbocycles. The third kappa shape index (κ3) is 1.95. The van der Waals surface area contributed by atoms with Crippen molar-refractivity contribution in [1.29, 1.82) is 0 Å². The van der Waals surface area contributed by atoms with Crippen LogP contribution in [0.3, 0.4) is 0 Å². The molecule has 3 aliphatic rings. The van der Waals surface area contributed by atoms with E-state index in [4.69, 9.17) is 9.47 Å². The highest BCUT2D eigenvalue weighted by molar-refractivity contribution is 5.97. The molecule has 2 N–H and O–H groups in total. The van der Waals surface area contributed by atoms with Crippen LogP contribution in [0, 0.1) is 5.92 Å². The number of nitrogens with one attached hydrogen (secondary N) is 1. The number of piperidine rings is 1. The lowest BCUT2D eigenvalue weighted by atomic mass is 9.64. The fourth-order valence-corrected chi connectivity index (χ4v) is 4.46. The highest BCUT2D eigenvalue weighted by atomic mass is 16.5. The van der Waals surface area contributed by atoms with Gasteiger partial charge in [-0.1, -0.05) is 6.42 Å². The minimum absolute atomic E-state index is 0.0855. The molecule has 0 aromatic heterocycles. The zero-order chi connectivity index (χ0) is 16.2. The number of aliphatic hydroxyl groups is 1. The van der Waals surface area contributed by atoms with Crippen LogP contribution in [0.4, 0.5) is 0 Å². The number of aliphatic hydroxyl groups excluding tert-OH is 1. The van der Waals surface area contributed by atoms with Crippen molar-refractivity contribution < 1.29 is 19.4 Å². The van der Waals surface area contributed by atoms with Crippen molar-refractivity contribution in [2.75, 3.05) is 7.11 Å². The van der Waals surface area contributed by atoms with E-state index in [2.05, 4.69) is 5.32 Å². The fourth-order valence-electron chi connectivity index (χ4n) is 4.46. The van der Waals surface area contributed by atoms with Crippen LogP contribution in [-0.4, -0.2) is 23.8 Å². The lowest BCUT2D eigenvalue weighted by Gasteiger charge is -2.54. The summed E-state index contributed by atoms with van der Waals surface area (Å²) in [4.78, 5) is 12.6. The minimum atomic E-state index is -0.638. The summed E-state index contributed by atoms with van der Waals surface area (Å²) in [6, 6.07) is 5.70. The normalized spacial score (nSPS) is 33.7. The van der Waals surface area contributed by atoms with Crippen LogP contribution in [0.25, 0.3) is 0 Å². The Hall–Kier alpha value is -2.17. The van der Waals surface area contributed by atoms with Gasteiger partial charge in [-0.2, -0.15) is 0 Å². The predicted octanol–water partition coefficient (Wildman–Crippen LogP) is 3.02. The first-order chi connectivity index (χ1) is 11.1. The van der Waals surface area contributed by atoms with Crippen LogP contribution in [0.5, 0.6) is 11.5 Å². The molecule has 2 fully saturated rings. The van der Waals surface area contributed by atoms with Crippen LogP contribution in [0.15, 0.2) is 29.5 Å². The van der Waals surface area contributed by atoms with Crippen molar-refractivity contribution >= 4 is 5.91 Å². The number of rotatable bonds is 1. The van der Waals surface area contributed by atoms with Gasteiger partial charge in [0.25, 0.3) is 5.91 Å². The maximum atomic E-state index is 12.6. The Balaban J connectivity index is 1.95. The lowest BCUT2D eigenvalue weighted by molar-refractivity contribution is -0.140. The number of hydrogen-bond donors (Lipinski definition) is 2. The van der Waals surface area contributed by atoms with Gasteiger partial charge in [-0.3, -0.25) is 4.79 Å². The van der Waals surface area contributed by atoms with Crippen LogP contribution in [0.2, 0.25) is 0 Å². The van der Waals surface area contributed by atoms with Gasteiger partial charge in [0.2, 0.25) is 0 Å². The average Bonchev–Trinajstić information content (AvgIpc) is 2.53. The van der Waals surface area contributed by atoms with Gasteiger partial charge in [-0.25, -0.2) is 0 Å². The Morgan fingerprint density at radius 1 is 1.43 bits per heavy atom. The number of hydrogen-bond acceptors (Lipinski definition) is 4. The molecule has 2 aliphatic heterocycles. The summed E-state index contributed by atoms with van der Waals surface area (Å²) in [6.07, 6.45) is 3.92. The zero-order valence-electron chi connectivity index (χ0n) is 13.4. The molecule has 23 heavy (non-hydrogen) atoms. The van der Waals surface area contributed by atoms with Gasteiger partial charge in [0.05, 0.1) is 18.4 Å². The first-order valence-electron chi connectivity index (χ1n) is 8.15. The van der Waals surface area contributed by atoms with Crippen molar-refractivity contribution in [1.82, 2.24) is 5.32 Å². The van der Waals surface area contributed by atoms with E-state index in [-0.39, 0.29) is 23.5 Å². The first-order valence-corrected chi connectivity index (χ1v) is 8.15. The number of benzene rings is 1. The van der Waals surface area contributed by atoms with E-state index in [1.807, 2.05) is 18.2 Å². The Morgan fingerprint density at radius 3 is 3.00 bits per heavy atom. The number of methoxy groups -OCH3 is 1. The third-order valence-electron chi connectivity index (χ3n) is 5.43. The maximum absolute atomic E-state index is 12.6. The van der Waals surface area contributed by atoms with Crippen molar-refractivity contribution in [3.63, 3.8) is 0 Å². The molecule has 122 valence electrons. The number of fused-ring (bicyclic) bond motifs is 2. The molecular formula is C18H21NO4. The van der Waals surface area contributed by atoms with Gasteiger partial charge in [0.1, 0.15) is 11.5 Å². The van der Waals surface area contributed by atoms with E-state index in [0.29, 0.717) is 5.57 Å². The maximum Gasteiger partial charge on any atom is 0.254 e.